The van der Waals surface area contributed by atoms with Crippen LogP contribution in [-0.2, 0) is 6.54 Å². The first-order valence-electron chi connectivity index (χ1n) is 10.1. The van der Waals surface area contributed by atoms with Gasteiger partial charge in [-0.05, 0) is 54.4 Å². The highest BCUT2D eigenvalue weighted by Crippen LogP contribution is 2.30. The van der Waals surface area contributed by atoms with Crippen molar-refractivity contribution in [3.63, 3.8) is 0 Å². The van der Waals surface area contributed by atoms with E-state index in [-0.39, 0.29) is 23.0 Å². The number of pyridine rings is 1. The van der Waals surface area contributed by atoms with Crippen LogP contribution in [0, 0.1) is 6.92 Å². The van der Waals surface area contributed by atoms with Crippen LogP contribution in [0.4, 0.5) is 11.5 Å². The van der Waals surface area contributed by atoms with Gasteiger partial charge in [0.2, 0.25) is 0 Å². The summed E-state index contributed by atoms with van der Waals surface area (Å²) in [6, 6.07) is 24.9. The Morgan fingerprint density at radius 2 is 1.66 bits per heavy atom. The van der Waals surface area contributed by atoms with Gasteiger partial charge >= 0.3 is 0 Å². The topological polar surface area (TPSA) is 99.7 Å². The third kappa shape index (κ3) is 4.39. The van der Waals surface area contributed by atoms with Gasteiger partial charge < -0.3 is 20.8 Å². The Kier molecular flexibility index (Phi) is 5.77. The van der Waals surface area contributed by atoms with Crippen molar-refractivity contribution in [1.82, 2.24) is 4.98 Å². The van der Waals surface area contributed by atoms with Crippen molar-refractivity contribution in [2.45, 2.75) is 13.5 Å². The van der Waals surface area contributed by atoms with Gasteiger partial charge in [-0.15, -0.1) is 0 Å². The van der Waals surface area contributed by atoms with E-state index < -0.39 is 0 Å². The quantitative estimate of drug-likeness (QED) is 0.422. The molecule has 0 atom stereocenters. The molecule has 0 saturated heterocycles. The molecule has 1 amide bonds. The number of nitrogens with zero attached hydrogens (tertiary/aromatic N) is 2. The van der Waals surface area contributed by atoms with Crippen LogP contribution in [0.5, 0.6) is 11.5 Å². The molecule has 0 saturated carbocycles. The van der Waals surface area contributed by atoms with Gasteiger partial charge in [0.25, 0.3) is 5.91 Å². The highest BCUT2D eigenvalue weighted by molar-refractivity contribution is 6.08. The van der Waals surface area contributed by atoms with Crippen LogP contribution in [0.25, 0.3) is 11.1 Å². The van der Waals surface area contributed by atoms with Crippen LogP contribution in [0.2, 0.25) is 0 Å². The second-order valence-corrected chi connectivity index (χ2v) is 7.49. The summed E-state index contributed by atoms with van der Waals surface area (Å²) >= 11 is 0. The number of aromatic hydroxyl groups is 2. The fourth-order valence-corrected chi connectivity index (χ4v) is 3.60. The number of phenolic OH excluding ortho intramolecular Hbond substituents is 2. The summed E-state index contributed by atoms with van der Waals surface area (Å²) < 4.78 is 0. The highest BCUT2D eigenvalue weighted by Gasteiger charge is 2.21. The molecular weight excluding hydrogens is 402 g/mol. The Balaban J connectivity index is 1.71. The lowest BCUT2D eigenvalue weighted by Gasteiger charge is -2.24. The van der Waals surface area contributed by atoms with Gasteiger partial charge in [0, 0.05) is 23.0 Å². The van der Waals surface area contributed by atoms with E-state index in [0.29, 0.717) is 18.1 Å². The first-order valence-corrected chi connectivity index (χ1v) is 10.1. The monoisotopic (exact) mass is 425 g/mol. The molecule has 0 spiro atoms. The molecule has 0 radical (unpaired) electrons. The molecule has 6 nitrogen and oxygen atoms in total. The average Bonchev–Trinajstić information content (AvgIpc) is 2.78. The van der Waals surface area contributed by atoms with E-state index in [0.717, 1.165) is 28.5 Å². The molecule has 0 bridgehead atoms. The van der Waals surface area contributed by atoms with Crippen molar-refractivity contribution in [2.75, 3.05) is 10.6 Å². The van der Waals surface area contributed by atoms with Crippen LogP contribution in [0.1, 0.15) is 21.6 Å². The zero-order chi connectivity index (χ0) is 22.7. The van der Waals surface area contributed by atoms with E-state index in [9.17, 15) is 15.0 Å². The van der Waals surface area contributed by atoms with E-state index >= 15 is 0 Å². The Morgan fingerprint density at radius 1 is 0.938 bits per heavy atom. The normalized spacial score (nSPS) is 10.7. The zero-order valence-electron chi connectivity index (χ0n) is 17.6. The minimum Gasteiger partial charge on any atom is -0.508 e. The number of anilines is 2. The van der Waals surface area contributed by atoms with Crippen LogP contribution in [-0.4, -0.2) is 21.1 Å². The van der Waals surface area contributed by atoms with Crippen molar-refractivity contribution in [1.29, 1.82) is 0 Å². The molecule has 0 fully saturated rings. The smallest absolute Gasteiger partial charge is 0.262 e. The number of carbonyl (C=O) groups is 1. The number of nitrogens with two attached hydrogens (primary N) is 1. The van der Waals surface area contributed by atoms with E-state index in [1.807, 2.05) is 67.6 Å². The number of benzene rings is 3. The Hall–Kier alpha value is -4.32. The van der Waals surface area contributed by atoms with E-state index in [4.69, 9.17) is 5.73 Å². The third-order valence-electron chi connectivity index (χ3n) is 5.24. The molecule has 160 valence electrons. The first-order chi connectivity index (χ1) is 15.4. The second kappa shape index (κ2) is 8.81. The van der Waals surface area contributed by atoms with Gasteiger partial charge in [-0.1, -0.05) is 42.5 Å². The number of carbonyl (C=O) groups excluding carboxylic acids is 1. The zero-order valence-corrected chi connectivity index (χ0v) is 17.6. The summed E-state index contributed by atoms with van der Waals surface area (Å²) in [4.78, 5) is 19.3. The molecule has 1 aromatic heterocycles. The number of aryl methyl sites for hydroxylation is 1. The number of hydrogen-bond acceptors (Lipinski definition) is 5. The number of nitrogen functional groups attached to an aromatic ring is 1. The standard InChI is InChI=1S/C26H23N3O3/c1-17-22(13-14-25(27)28-17)19-7-9-20(10-8-19)29(16-18-5-3-2-4-6-18)26(32)23-12-11-21(30)15-24(23)31/h2-15,30-31H,16H2,1H3,(H2,27,28). The van der Waals surface area contributed by atoms with E-state index in [2.05, 4.69) is 4.98 Å². The summed E-state index contributed by atoms with van der Waals surface area (Å²) in [6.07, 6.45) is 0. The molecule has 0 unspecified atom stereocenters. The molecule has 32 heavy (non-hydrogen) atoms. The van der Waals surface area contributed by atoms with Crippen molar-refractivity contribution in [3.8, 4) is 22.6 Å². The number of amides is 1. The summed E-state index contributed by atoms with van der Waals surface area (Å²) in [7, 11) is 0. The molecule has 0 aliphatic carbocycles. The van der Waals surface area contributed by atoms with Gasteiger partial charge in [0.05, 0.1) is 12.1 Å². The van der Waals surface area contributed by atoms with Gasteiger partial charge in [0.1, 0.15) is 17.3 Å². The Morgan fingerprint density at radius 3 is 2.31 bits per heavy atom. The number of hydrogen-bond donors (Lipinski definition) is 3. The second-order valence-electron chi connectivity index (χ2n) is 7.49. The fourth-order valence-electron chi connectivity index (χ4n) is 3.60. The predicted octanol–water partition coefficient (Wildman–Crippen LogP) is 4.90. The van der Waals surface area contributed by atoms with Crippen LogP contribution in [0.15, 0.2) is 84.9 Å². The summed E-state index contributed by atoms with van der Waals surface area (Å²) in [5.41, 5.74) is 10.2. The maximum atomic E-state index is 13.4. The maximum Gasteiger partial charge on any atom is 0.262 e. The number of rotatable bonds is 5. The molecule has 4 aromatic rings. The average molecular weight is 425 g/mol. The highest BCUT2D eigenvalue weighted by atomic mass is 16.3. The maximum absolute atomic E-state index is 13.4. The van der Waals surface area contributed by atoms with E-state index in [1.54, 1.807) is 11.0 Å². The molecule has 4 N–H and O–H groups in total. The number of aromatic nitrogens is 1. The molecule has 1 heterocycles. The minimum absolute atomic E-state index is 0.106. The molecule has 0 aliphatic rings. The third-order valence-corrected chi connectivity index (χ3v) is 5.24. The Bertz CT molecular complexity index is 1260. The minimum atomic E-state index is -0.371. The van der Waals surface area contributed by atoms with E-state index in [1.165, 1.54) is 12.1 Å². The largest absolute Gasteiger partial charge is 0.508 e. The van der Waals surface area contributed by atoms with Crippen molar-refractivity contribution >= 4 is 17.4 Å². The Labute approximate surface area is 186 Å². The molecule has 4 rings (SSSR count). The fraction of sp³-hybridized carbons (Fsp3) is 0.0769. The summed E-state index contributed by atoms with van der Waals surface area (Å²) in [5, 5.41) is 19.8. The lowest BCUT2D eigenvalue weighted by atomic mass is 10.0. The molecule has 6 heteroatoms. The van der Waals surface area contributed by atoms with Gasteiger partial charge in [0.15, 0.2) is 0 Å². The lowest BCUT2D eigenvalue weighted by molar-refractivity contribution is 0.0982. The van der Waals surface area contributed by atoms with Crippen LogP contribution < -0.4 is 10.6 Å². The van der Waals surface area contributed by atoms with Crippen molar-refractivity contribution < 1.29 is 15.0 Å². The molecule has 0 aliphatic heterocycles. The molecular formula is C26H23N3O3. The van der Waals surface area contributed by atoms with Gasteiger partial charge in [-0.25, -0.2) is 4.98 Å². The lowest BCUT2D eigenvalue weighted by Crippen LogP contribution is -2.30. The van der Waals surface area contributed by atoms with Gasteiger partial charge in [-0.3, -0.25) is 4.79 Å². The first kappa shape index (κ1) is 20.9. The van der Waals surface area contributed by atoms with Crippen LogP contribution >= 0.6 is 0 Å². The summed E-state index contributed by atoms with van der Waals surface area (Å²) in [6.45, 7) is 2.22. The van der Waals surface area contributed by atoms with Crippen LogP contribution in [0.3, 0.4) is 0 Å². The predicted molar refractivity (Wildman–Crippen MR) is 126 cm³/mol. The SMILES string of the molecule is Cc1nc(N)ccc1-c1ccc(N(Cc2ccccc2)C(=O)c2ccc(O)cc2O)cc1. The summed E-state index contributed by atoms with van der Waals surface area (Å²) in [5.74, 6) is -0.278. The van der Waals surface area contributed by atoms with Gasteiger partial charge in [-0.2, -0.15) is 0 Å². The molecule has 3 aromatic carbocycles. The van der Waals surface area contributed by atoms with Crippen molar-refractivity contribution in [3.05, 3.63) is 102 Å². The van der Waals surface area contributed by atoms with Crippen molar-refractivity contribution in [2.24, 2.45) is 0 Å². The number of phenols is 2.